The van der Waals surface area contributed by atoms with Crippen molar-refractivity contribution in [3.63, 3.8) is 0 Å². The molecule has 0 aliphatic rings. The Morgan fingerprint density at radius 2 is 2.00 bits per heavy atom. The highest BCUT2D eigenvalue weighted by molar-refractivity contribution is 6.03. The molecule has 1 heterocycles. The molecule has 0 aliphatic carbocycles. The van der Waals surface area contributed by atoms with Gasteiger partial charge in [0.2, 0.25) is 0 Å². The molecule has 0 radical (unpaired) electrons. The van der Waals surface area contributed by atoms with Crippen molar-refractivity contribution in [2.45, 2.75) is 20.3 Å². The molecule has 4 nitrogen and oxygen atoms in total. The molecule has 2 aromatic rings. The molecule has 0 atom stereocenters. The number of hydrogen-bond donors (Lipinski definition) is 1. The Morgan fingerprint density at radius 1 is 1.26 bits per heavy atom. The average Bonchev–Trinajstić information content (AvgIpc) is 2.84. The van der Waals surface area contributed by atoms with Crippen LogP contribution in [0.5, 0.6) is 5.75 Å². The van der Waals surface area contributed by atoms with Gasteiger partial charge in [0.1, 0.15) is 5.75 Å². The second-order valence-electron chi connectivity index (χ2n) is 4.26. The van der Waals surface area contributed by atoms with Crippen molar-refractivity contribution in [1.82, 2.24) is 0 Å². The van der Waals surface area contributed by atoms with Crippen molar-refractivity contribution in [3.05, 3.63) is 47.9 Å². The lowest BCUT2D eigenvalue weighted by molar-refractivity contribution is 0.0996. The minimum Gasteiger partial charge on any atom is -0.494 e. The molecule has 100 valence electrons. The van der Waals surface area contributed by atoms with Crippen LogP contribution in [-0.2, 0) is 0 Å². The molecule has 0 spiro atoms. The summed E-state index contributed by atoms with van der Waals surface area (Å²) in [5.41, 5.74) is 1.53. The van der Waals surface area contributed by atoms with Gasteiger partial charge in [-0.05, 0) is 43.7 Å². The van der Waals surface area contributed by atoms with Crippen LogP contribution < -0.4 is 10.1 Å². The molecule has 0 aliphatic heterocycles. The fourth-order valence-corrected chi connectivity index (χ4v) is 1.65. The van der Waals surface area contributed by atoms with Crippen LogP contribution in [0.25, 0.3) is 0 Å². The first kappa shape index (κ1) is 13.2. The zero-order chi connectivity index (χ0) is 13.7. The highest BCUT2D eigenvalue weighted by atomic mass is 16.5. The summed E-state index contributed by atoms with van der Waals surface area (Å²) in [5.74, 6) is 0.894. The number of anilines is 1. The molecular formula is C15H17NO3. The number of benzene rings is 1. The number of carbonyl (C=O) groups excluding carboxylic acids is 1. The maximum atomic E-state index is 11.9. The van der Waals surface area contributed by atoms with Gasteiger partial charge in [-0.1, -0.05) is 6.92 Å². The van der Waals surface area contributed by atoms with Crippen LogP contribution in [0, 0.1) is 6.92 Å². The van der Waals surface area contributed by atoms with E-state index in [4.69, 9.17) is 9.15 Å². The molecule has 1 aromatic carbocycles. The summed E-state index contributed by atoms with van der Waals surface area (Å²) >= 11 is 0. The molecule has 1 aromatic heterocycles. The highest BCUT2D eigenvalue weighted by Gasteiger charge is 2.12. The van der Waals surface area contributed by atoms with Gasteiger partial charge in [0, 0.05) is 11.3 Å². The summed E-state index contributed by atoms with van der Waals surface area (Å²) in [5, 5.41) is 2.78. The molecule has 4 heteroatoms. The van der Waals surface area contributed by atoms with Crippen molar-refractivity contribution >= 4 is 11.6 Å². The van der Waals surface area contributed by atoms with Crippen molar-refractivity contribution in [2.24, 2.45) is 0 Å². The van der Waals surface area contributed by atoms with Gasteiger partial charge in [-0.25, -0.2) is 0 Å². The predicted molar refractivity (Wildman–Crippen MR) is 73.6 cm³/mol. The van der Waals surface area contributed by atoms with Crippen LogP contribution in [0.1, 0.15) is 29.5 Å². The van der Waals surface area contributed by atoms with E-state index >= 15 is 0 Å². The number of amides is 1. The number of hydrogen-bond acceptors (Lipinski definition) is 3. The quantitative estimate of drug-likeness (QED) is 0.892. The largest absolute Gasteiger partial charge is 0.494 e. The predicted octanol–water partition coefficient (Wildman–Crippen LogP) is 3.63. The van der Waals surface area contributed by atoms with E-state index in [0.717, 1.165) is 17.7 Å². The van der Waals surface area contributed by atoms with E-state index < -0.39 is 0 Å². The number of furan rings is 1. The molecule has 0 fully saturated rings. The van der Waals surface area contributed by atoms with Crippen LogP contribution >= 0.6 is 0 Å². The fraction of sp³-hybridized carbons (Fsp3) is 0.267. The maximum Gasteiger partial charge on any atom is 0.291 e. The van der Waals surface area contributed by atoms with Crippen LogP contribution in [0.15, 0.2) is 41.0 Å². The number of nitrogens with one attached hydrogen (secondary N) is 1. The van der Waals surface area contributed by atoms with E-state index in [1.807, 2.05) is 19.1 Å². The molecule has 0 saturated carbocycles. The highest BCUT2D eigenvalue weighted by Crippen LogP contribution is 2.17. The van der Waals surface area contributed by atoms with E-state index in [0.29, 0.717) is 18.1 Å². The zero-order valence-corrected chi connectivity index (χ0v) is 11.1. The lowest BCUT2D eigenvalue weighted by atomic mass is 10.2. The Balaban J connectivity index is 2.00. The molecular weight excluding hydrogens is 242 g/mol. The van der Waals surface area contributed by atoms with Gasteiger partial charge in [-0.15, -0.1) is 0 Å². The summed E-state index contributed by atoms with van der Waals surface area (Å²) in [6.07, 6.45) is 2.47. The number of aryl methyl sites for hydroxylation is 1. The van der Waals surface area contributed by atoms with E-state index in [9.17, 15) is 4.79 Å². The number of ether oxygens (including phenoxy) is 1. The average molecular weight is 259 g/mol. The van der Waals surface area contributed by atoms with Crippen molar-refractivity contribution in [1.29, 1.82) is 0 Å². The van der Waals surface area contributed by atoms with Crippen molar-refractivity contribution in [3.8, 4) is 5.75 Å². The molecule has 1 N–H and O–H groups in total. The van der Waals surface area contributed by atoms with E-state index in [1.165, 1.54) is 6.26 Å². The Bertz CT molecular complexity index is 543. The lowest BCUT2D eigenvalue weighted by Gasteiger charge is -2.07. The summed E-state index contributed by atoms with van der Waals surface area (Å²) in [4.78, 5) is 11.9. The Hall–Kier alpha value is -2.23. The topological polar surface area (TPSA) is 51.5 Å². The molecule has 0 bridgehead atoms. The van der Waals surface area contributed by atoms with Crippen molar-refractivity contribution in [2.75, 3.05) is 11.9 Å². The third-order valence-electron chi connectivity index (χ3n) is 2.65. The second-order valence-corrected chi connectivity index (χ2v) is 4.26. The first-order valence-corrected chi connectivity index (χ1v) is 6.29. The van der Waals surface area contributed by atoms with Gasteiger partial charge in [-0.3, -0.25) is 4.79 Å². The van der Waals surface area contributed by atoms with E-state index in [2.05, 4.69) is 12.2 Å². The normalized spacial score (nSPS) is 10.2. The molecule has 2 rings (SSSR count). The number of carbonyl (C=O) groups is 1. The van der Waals surface area contributed by atoms with Gasteiger partial charge in [0.05, 0.1) is 12.9 Å². The lowest BCUT2D eigenvalue weighted by Crippen LogP contribution is -2.11. The summed E-state index contributed by atoms with van der Waals surface area (Å²) in [6.45, 7) is 4.58. The second kappa shape index (κ2) is 6.09. The van der Waals surface area contributed by atoms with Crippen LogP contribution in [0.2, 0.25) is 0 Å². The molecule has 19 heavy (non-hydrogen) atoms. The Kier molecular flexibility index (Phi) is 4.23. The molecule has 0 saturated heterocycles. The van der Waals surface area contributed by atoms with Crippen LogP contribution in [-0.4, -0.2) is 12.5 Å². The Morgan fingerprint density at radius 3 is 2.58 bits per heavy atom. The maximum absolute atomic E-state index is 11.9. The van der Waals surface area contributed by atoms with Crippen molar-refractivity contribution < 1.29 is 13.9 Å². The third kappa shape index (κ3) is 3.37. The van der Waals surface area contributed by atoms with Gasteiger partial charge in [0.15, 0.2) is 5.76 Å². The van der Waals surface area contributed by atoms with E-state index in [-0.39, 0.29) is 5.91 Å². The summed E-state index contributed by atoms with van der Waals surface area (Å²) < 4.78 is 10.6. The monoisotopic (exact) mass is 259 g/mol. The minimum atomic E-state index is -0.246. The molecule has 1 amide bonds. The first-order chi connectivity index (χ1) is 9.20. The Labute approximate surface area is 112 Å². The smallest absolute Gasteiger partial charge is 0.291 e. The first-order valence-electron chi connectivity index (χ1n) is 6.29. The number of rotatable bonds is 5. The van der Waals surface area contributed by atoms with E-state index in [1.54, 1.807) is 18.2 Å². The SMILES string of the molecule is CCCOc1ccc(NC(=O)c2occc2C)cc1. The zero-order valence-electron chi connectivity index (χ0n) is 11.1. The van der Waals surface area contributed by atoms with Gasteiger partial charge < -0.3 is 14.5 Å². The van der Waals surface area contributed by atoms with Gasteiger partial charge in [0.25, 0.3) is 5.91 Å². The summed E-state index contributed by atoms with van der Waals surface area (Å²) in [6, 6.07) is 9.04. The fourth-order valence-electron chi connectivity index (χ4n) is 1.65. The van der Waals surface area contributed by atoms with Gasteiger partial charge >= 0.3 is 0 Å². The molecule has 0 unspecified atom stereocenters. The standard InChI is InChI=1S/C15H17NO3/c1-3-9-18-13-6-4-12(5-7-13)16-15(17)14-11(2)8-10-19-14/h4-8,10H,3,9H2,1-2H3,(H,16,17). The van der Waals surface area contributed by atoms with Gasteiger partial charge in [-0.2, -0.15) is 0 Å². The summed E-state index contributed by atoms with van der Waals surface area (Å²) in [7, 11) is 0. The minimum absolute atomic E-state index is 0.246. The van der Waals surface area contributed by atoms with Crippen LogP contribution in [0.3, 0.4) is 0 Å². The third-order valence-corrected chi connectivity index (χ3v) is 2.65. The van der Waals surface area contributed by atoms with Crippen LogP contribution in [0.4, 0.5) is 5.69 Å².